The molecule has 0 bridgehead atoms. The molecule has 1 unspecified atom stereocenters. The minimum absolute atomic E-state index is 0.0840. The molecule has 2 rings (SSSR count). The molecule has 1 aliphatic heterocycles. The molecule has 6 heteroatoms. The maximum Gasteiger partial charge on any atom is 0.178 e. The summed E-state index contributed by atoms with van der Waals surface area (Å²) in [4.78, 5) is 6.25. The van der Waals surface area contributed by atoms with Gasteiger partial charge in [-0.1, -0.05) is 17.7 Å². The summed E-state index contributed by atoms with van der Waals surface area (Å²) in [5, 5.41) is 11.9. The molecule has 0 saturated carbocycles. The summed E-state index contributed by atoms with van der Waals surface area (Å²) >= 11 is 7.47. The zero-order valence-electron chi connectivity index (χ0n) is 8.56. The highest BCUT2D eigenvalue weighted by Gasteiger charge is 2.24. The fourth-order valence-corrected chi connectivity index (χ4v) is 2.79. The fourth-order valence-electron chi connectivity index (χ4n) is 1.59. The maximum absolute atomic E-state index is 8.62. The van der Waals surface area contributed by atoms with E-state index in [-0.39, 0.29) is 5.50 Å². The van der Waals surface area contributed by atoms with Gasteiger partial charge in [-0.05, 0) is 11.6 Å². The van der Waals surface area contributed by atoms with Crippen LogP contribution in [-0.4, -0.2) is 27.7 Å². The Morgan fingerprint density at radius 1 is 1.69 bits per heavy atom. The summed E-state index contributed by atoms with van der Waals surface area (Å²) < 4.78 is 0. The lowest BCUT2D eigenvalue weighted by molar-refractivity contribution is 0.264. The molecule has 2 heterocycles. The van der Waals surface area contributed by atoms with Crippen LogP contribution in [0.5, 0.6) is 0 Å². The highest BCUT2D eigenvalue weighted by molar-refractivity contribution is 8.00. The van der Waals surface area contributed by atoms with Crippen molar-refractivity contribution in [3.05, 3.63) is 29.0 Å². The van der Waals surface area contributed by atoms with Gasteiger partial charge in [0.15, 0.2) is 6.19 Å². The van der Waals surface area contributed by atoms with Gasteiger partial charge in [-0.2, -0.15) is 5.26 Å². The molecule has 1 saturated heterocycles. The fraction of sp³-hybridized carbons (Fsp3) is 0.400. The second kappa shape index (κ2) is 5.39. The summed E-state index contributed by atoms with van der Waals surface area (Å²) in [7, 11) is 0. The second-order valence-corrected chi connectivity index (χ2v) is 5.01. The number of halogens is 1. The van der Waals surface area contributed by atoms with E-state index in [0.29, 0.717) is 5.15 Å². The van der Waals surface area contributed by atoms with E-state index in [1.807, 2.05) is 12.3 Å². The van der Waals surface area contributed by atoms with E-state index in [0.717, 1.165) is 24.4 Å². The maximum atomic E-state index is 8.62. The van der Waals surface area contributed by atoms with Crippen LogP contribution in [0.1, 0.15) is 5.56 Å². The highest BCUT2D eigenvalue weighted by atomic mass is 35.5. The molecule has 1 N–H and O–H groups in total. The Labute approximate surface area is 104 Å². The molecule has 1 atom stereocenters. The van der Waals surface area contributed by atoms with E-state index in [1.54, 1.807) is 24.0 Å². The average Bonchev–Trinajstić information content (AvgIpc) is 2.70. The summed E-state index contributed by atoms with van der Waals surface area (Å²) in [6.07, 6.45) is 3.76. The van der Waals surface area contributed by atoms with Crippen molar-refractivity contribution in [3.63, 3.8) is 0 Å². The lowest BCUT2D eigenvalue weighted by Crippen LogP contribution is -2.36. The van der Waals surface area contributed by atoms with E-state index < -0.39 is 0 Å². The monoisotopic (exact) mass is 254 g/mol. The van der Waals surface area contributed by atoms with E-state index in [9.17, 15) is 0 Å². The van der Waals surface area contributed by atoms with Crippen molar-refractivity contribution in [2.75, 3.05) is 12.3 Å². The van der Waals surface area contributed by atoms with E-state index in [2.05, 4.69) is 15.2 Å². The number of pyridine rings is 1. The van der Waals surface area contributed by atoms with Gasteiger partial charge >= 0.3 is 0 Å². The molecule has 84 valence electrons. The third kappa shape index (κ3) is 2.79. The van der Waals surface area contributed by atoms with Crippen molar-refractivity contribution in [2.45, 2.75) is 12.0 Å². The smallest absolute Gasteiger partial charge is 0.178 e. The first-order chi connectivity index (χ1) is 7.79. The van der Waals surface area contributed by atoms with Gasteiger partial charge in [0.25, 0.3) is 0 Å². The van der Waals surface area contributed by atoms with Crippen LogP contribution in [-0.2, 0) is 6.54 Å². The predicted molar refractivity (Wildman–Crippen MR) is 64.7 cm³/mol. The van der Waals surface area contributed by atoms with Crippen LogP contribution in [0.3, 0.4) is 0 Å². The van der Waals surface area contributed by atoms with Crippen LogP contribution in [0.2, 0.25) is 5.15 Å². The van der Waals surface area contributed by atoms with Crippen molar-refractivity contribution >= 4 is 23.4 Å². The van der Waals surface area contributed by atoms with Crippen LogP contribution in [0, 0.1) is 11.5 Å². The Morgan fingerprint density at radius 2 is 2.56 bits per heavy atom. The van der Waals surface area contributed by atoms with Gasteiger partial charge in [0.2, 0.25) is 0 Å². The Balaban J connectivity index is 1.98. The molecule has 0 aliphatic carbocycles. The Hall–Kier alpha value is -0.960. The predicted octanol–water partition coefficient (Wildman–Crippen LogP) is 1.64. The van der Waals surface area contributed by atoms with Crippen molar-refractivity contribution in [2.24, 2.45) is 0 Å². The number of thioether (sulfide) groups is 1. The first-order valence-electron chi connectivity index (χ1n) is 4.90. The molecule has 0 amide bonds. The van der Waals surface area contributed by atoms with Crippen molar-refractivity contribution < 1.29 is 0 Å². The SMILES string of the molecule is N#CNC1SCCN1Cc1ccc(Cl)nc1. The van der Waals surface area contributed by atoms with Gasteiger partial charge in [0.1, 0.15) is 10.7 Å². The molecule has 1 aromatic rings. The minimum atomic E-state index is 0.0840. The summed E-state index contributed by atoms with van der Waals surface area (Å²) in [6.45, 7) is 1.77. The number of nitrogens with zero attached hydrogens (tertiary/aromatic N) is 3. The summed E-state index contributed by atoms with van der Waals surface area (Å²) in [5.41, 5.74) is 1.19. The Bertz CT molecular complexity index is 389. The third-order valence-electron chi connectivity index (χ3n) is 2.35. The minimum Gasteiger partial charge on any atom is -0.298 e. The quantitative estimate of drug-likeness (QED) is 0.505. The van der Waals surface area contributed by atoms with Crippen LogP contribution >= 0.6 is 23.4 Å². The molecule has 0 aromatic carbocycles. The number of nitrogens with one attached hydrogen (secondary N) is 1. The van der Waals surface area contributed by atoms with Gasteiger partial charge in [0.05, 0.1) is 0 Å². The normalized spacial score (nSPS) is 20.6. The zero-order valence-corrected chi connectivity index (χ0v) is 10.1. The van der Waals surface area contributed by atoms with Crippen LogP contribution in [0.15, 0.2) is 18.3 Å². The highest BCUT2D eigenvalue weighted by Crippen LogP contribution is 2.23. The number of aromatic nitrogens is 1. The third-order valence-corrected chi connectivity index (χ3v) is 3.72. The lowest BCUT2D eigenvalue weighted by Gasteiger charge is -2.21. The second-order valence-electron chi connectivity index (χ2n) is 3.44. The first kappa shape index (κ1) is 11.5. The van der Waals surface area contributed by atoms with Gasteiger partial charge in [-0.3, -0.25) is 10.2 Å². The van der Waals surface area contributed by atoms with Crippen LogP contribution < -0.4 is 5.32 Å². The molecule has 1 aliphatic rings. The van der Waals surface area contributed by atoms with Crippen molar-refractivity contribution in [1.29, 1.82) is 5.26 Å². The molecule has 4 nitrogen and oxygen atoms in total. The average molecular weight is 255 g/mol. The molecule has 16 heavy (non-hydrogen) atoms. The van der Waals surface area contributed by atoms with E-state index in [1.165, 1.54) is 0 Å². The van der Waals surface area contributed by atoms with Gasteiger partial charge < -0.3 is 0 Å². The van der Waals surface area contributed by atoms with E-state index in [4.69, 9.17) is 16.9 Å². The number of hydrogen-bond acceptors (Lipinski definition) is 5. The molecular formula is C10H11ClN4S. The topological polar surface area (TPSA) is 52.0 Å². The lowest BCUT2D eigenvalue weighted by atomic mass is 10.3. The van der Waals surface area contributed by atoms with Crippen LogP contribution in [0.25, 0.3) is 0 Å². The molecule has 1 aromatic heterocycles. The van der Waals surface area contributed by atoms with Gasteiger partial charge in [-0.25, -0.2) is 4.98 Å². The largest absolute Gasteiger partial charge is 0.298 e. The van der Waals surface area contributed by atoms with Gasteiger partial charge in [-0.15, -0.1) is 11.8 Å². The zero-order chi connectivity index (χ0) is 11.4. The van der Waals surface area contributed by atoms with Crippen molar-refractivity contribution in [3.8, 4) is 6.19 Å². The number of hydrogen-bond donors (Lipinski definition) is 1. The van der Waals surface area contributed by atoms with Crippen LogP contribution in [0.4, 0.5) is 0 Å². The Morgan fingerprint density at radius 3 is 3.25 bits per heavy atom. The summed E-state index contributed by atoms with van der Waals surface area (Å²) in [5.74, 6) is 1.04. The van der Waals surface area contributed by atoms with Crippen molar-refractivity contribution in [1.82, 2.24) is 15.2 Å². The number of rotatable bonds is 3. The Kier molecular flexibility index (Phi) is 3.88. The molecule has 0 spiro atoms. The first-order valence-corrected chi connectivity index (χ1v) is 6.33. The van der Waals surface area contributed by atoms with E-state index >= 15 is 0 Å². The molecular weight excluding hydrogens is 244 g/mol. The van der Waals surface area contributed by atoms with Gasteiger partial charge in [0, 0.05) is 25.0 Å². The summed E-state index contributed by atoms with van der Waals surface area (Å²) in [6, 6.07) is 3.74. The molecule has 1 fully saturated rings. The number of nitriles is 1. The molecule has 0 radical (unpaired) electrons. The standard InChI is InChI=1S/C10H11ClN4S/c11-9-2-1-8(5-13-9)6-15-3-4-16-10(15)14-7-12/h1-2,5,10,14H,3-4,6H2.